The van der Waals surface area contributed by atoms with E-state index >= 15 is 0 Å². The van der Waals surface area contributed by atoms with E-state index in [0.29, 0.717) is 5.02 Å². The van der Waals surface area contributed by atoms with Crippen molar-refractivity contribution in [2.45, 2.75) is 6.54 Å². The van der Waals surface area contributed by atoms with E-state index in [-0.39, 0.29) is 0 Å². The average Bonchev–Trinajstić information content (AvgIpc) is 2.44. The Hall–Kier alpha value is -0.930. The van der Waals surface area contributed by atoms with Crippen LogP contribution in [-0.2, 0) is 6.54 Å². The maximum absolute atomic E-state index is 6.19. The first-order valence-corrected chi connectivity index (χ1v) is 5.00. The maximum atomic E-state index is 6.19. The monoisotopic (exact) mass is 212 g/mol. The van der Waals surface area contributed by atoms with E-state index in [1.807, 2.05) is 12.1 Å². The highest BCUT2D eigenvalue weighted by molar-refractivity contribution is 6.33. The summed E-state index contributed by atoms with van der Waals surface area (Å²) in [6, 6.07) is 3.90. The Morgan fingerprint density at radius 3 is 3.00 bits per heavy atom. The first kappa shape index (κ1) is 9.62. The number of anilines is 1. The Morgan fingerprint density at radius 1 is 1.36 bits per heavy atom. The molecule has 0 aromatic heterocycles. The van der Waals surface area contributed by atoms with Gasteiger partial charge in [0.25, 0.3) is 0 Å². The van der Waals surface area contributed by atoms with Gasteiger partial charge in [-0.3, -0.25) is 0 Å². The third-order valence-electron chi connectivity index (χ3n) is 2.35. The molecule has 2 rings (SSSR count). The third kappa shape index (κ3) is 1.65. The van der Waals surface area contributed by atoms with Crippen LogP contribution in [0.2, 0.25) is 5.02 Å². The standard InChI is InChI=1S/C10H13ClN2O/c1-14-9-3-2-8-7(10(9)11)6-12-4-5-13-8/h2-3,12-13H,4-6H2,1H3. The van der Waals surface area contributed by atoms with Crippen LogP contribution in [0.1, 0.15) is 5.56 Å². The fraction of sp³-hybridized carbons (Fsp3) is 0.400. The highest BCUT2D eigenvalue weighted by Gasteiger charge is 2.13. The zero-order chi connectivity index (χ0) is 9.97. The summed E-state index contributed by atoms with van der Waals surface area (Å²) < 4.78 is 5.16. The number of rotatable bonds is 1. The van der Waals surface area contributed by atoms with Gasteiger partial charge in [0.15, 0.2) is 0 Å². The van der Waals surface area contributed by atoms with Gasteiger partial charge in [-0.05, 0) is 12.1 Å². The molecule has 0 unspecified atom stereocenters. The Bertz CT molecular complexity index is 341. The van der Waals surface area contributed by atoms with Crippen LogP contribution in [0.3, 0.4) is 0 Å². The second kappa shape index (κ2) is 4.07. The number of nitrogens with one attached hydrogen (secondary N) is 2. The number of ether oxygens (including phenoxy) is 1. The molecule has 76 valence electrons. The van der Waals surface area contributed by atoms with Gasteiger partial charge >= 0.3 is 0 Å². The van der Waals surface area contributed by atoms with E-state index in [0.717, 1.165) is 36.6 Å². The van der Waals surface area contributed by atoms with Crippen molar-refractivity contribution >= 4 is 17.3 Å². The summed E-state index contributed by atoms with van der Waals surface area (Å²) in [6.45, 7) is 2.67. The fourth-order valence-corrected chi connectivity index (χ4v) is 1.90. The summed E-state index contributed by atoms with van der Waals surface area (Å²) >= 11 is 6.19. The lowest BCUT2D eigenvalue weighted by atomic mass is 10.1. The number of hydrogen-bond donors (Lipinski definition) is 2. The molecular weight excluding hydrogens is 200 g/mol. The van der Waals surface area contributed by atoms with Crippen LogP contribution in [0, 0.1) is 0 Å². The zero-order valence-corrected chi connectivity index (χ0v) is 8.82. The van der Waals surface area contributed by atoms with Crippen LogP contribution >= 0.6 is 11.6 Å². The van der Waals surface area contributed by atoms with E-state index in [9.17, 15) is 0 Å². The number of benzene rings is 1. The molecule has 0 fully saturated rings. The van der Waals surface area contributed by atoms with Crippen LogP contribution in [0.5, 0.6) is 5.75 Å². The van der Waals surface area contributed by atoms with E-state index in [4.69, 9.17) is 16.3 Å². The van der Waals surface area contributed by atoms with Crippen molar-refractivity contribution in [1.29, 1.82) is 0 Å². The zero-order valence-electron chi connectivity index (χ0n) is 8.06. The van der Waals surface area contributed by atoms with E-state index < -0.39 is 0 Å². The van der Waals surface area contributed by atoms with Crippen molar-refractivity contribution < 1.29 is 4.74 Å². The van der Waals surface area contributed by atoms with Gasteiger partial charge in [0.1, 0.15) is 5.75 Å². The molecule has 0 radical (unpaired) electrons. The van der Waals surface area contributed by atoms with Crippen LogP contribution in [-0.4, -0.2) is 20.2 Å². The Labute approximate surface area is 88.4 Å². The number of halogens is 1. The predicted molar refractivity (Wildman–Crippen MR) is 58.2 cm³/mol. The number of hydrogen-bond acceptors (Lipinski definition) is 3. The molecule has 14 heavy (non-hydrogen) atoms. The predicted octanol–water partition coefficient (Wildman–Crippen LogP) is 1.86. The Balaban J connectivity index is 2.44. The topological polar surface area (TPSA) is 33.3 Å². The van der Waals surface area contributed by atoms with E-state index in [1.165, 1.54) is 0 Å². The molecule has 1 heterocycles. The molecule has 1 aromatic rings. The third-order valence-corrected chi connectivity index (χ3v) is 2.76. The SMILES string of the molecule is COc1ccc2c(c1Cl)CNCCN2. The Morgan fingerprint density at radius 2 is 2.21 bits per heavy atom. The van der Waals surface area contributed by atoms with Crippen molar-refractivity contribution in [3.05, 3.63) is 22.7 Å². The fourth-order valence-electron chi connectivity index (χ4n) is 1.59. The highest BCUT2D eigenvalue weighted by atomic mass is 35.5. The lowest BCUT2D eigenvalue weighted by molar-refractivity contribution is 0.414. The minimum atomic E-state index is 0.701. The summed E-state index contributed by atoms with van der Waals surface area (Å²) in [5, 5.41) is 7.31. The van der Waals surface area contributed by atoms with Gasteiger partial charge in [-0.1, -0.05) is 11.6 Å². The molecule has 0 bridgehead atoms. The molecule has 2 N–H and O–H groups in total. The number of fused-ring (bicyclic) bond motifs is 1. The van der Waals surface area contributed by atoms with Gasteiger partial charge in [-0.2, -0.15) is 0 Å². The van der Waals surface area contributed by atoms with Gasteiger partial charge in [0.05, 0.1) is 12.1 Å². The summed E-state index contributed by atoms with van der Waals surface area (Å²) in [6.07, 6.45) is 0. The van der Waals surface area contributed by atoms with E-state index in [1.54, 1.807) is 7.11 Å². The van der Waals surface area contributed by atoms with Gasteiger partial charge < -0.3 is 15.4 Å². The first-order chi connectivity index (χ1) is 6.83. The smallest absolute Gasteiger partial charge is 0.137 e. The lowest BCUT2D eigenvalue weighted by Gasteiger charge is -2.11. The van der Waals surface area contributed by atoms with Crippen LogP contribution in [0.15, 0.2) is 12.1 Å². The lowest BCUT2D eigenvalue weighted by Crippen LogP contribution is -2.17. The molecule has 0 saturated carbocycles. The molecule has 0 atom stereocenters. The van der Waals surface area contributed by atoms with Crippen molar-refractivity contribution in [3.63, 3.8) is 0 Å². The van der Waals surface area contributed by atoms with Crippen LogP contribution in [0.25, 0.3) is 0 Å². The normalized spacial score (nSPS) is 15.3. The largest absolute Gasteiger partial charge is 0.495 e. The second-order valence-electron chi connectivity index (χ2n) is 3.21. The maximum Gasteiger partial charge on any atom is 0.137 e. The summed E-state index contributed by atoms with van der Waals surface area (Å²) in [5.74, 6) is 0.732. The molecule has 0 aliphatic carbocycles. The molecule has 3 nitrogen and oxygen atoms in total. The summed E-state index contributed by atoms with van der Waals surface area (Å²) in [7, 11) is 1.63. The molecule has 1 aliphatic heterocycles. The van der Waals surface area contributed by atoms with Crippen molar-refractivity contribution in [2.75, 3.05) is 25.5 Å². The molecule has 0 saturated heterocycles. The van der Waals surface area contributed by atoms with Crippen molar-refractivity contribution in [1.82, 2.24) is 5.32 Å². The number of methoxy groups -OCH3 is 1. The van der Waals surface area contributed by atoms with Gasteiger partial charge in [-0.25, -0.2) is 0 Å². The van der Waals surface area contributed by atoms with Crippen LogP contribution in [0.4, 0.5) is 5.69 Å². The molecule has 1 aromatic carbocycles. The first-order valence-electron chi connectivity index (χ1n) is 4.63. The molecule has 4 heteroatoms. The van der Waals surface area contributed by atoms with E-state index in [2.05, 4.69) is 10.6 Å². The molecule has 0 spiro atoms. The van der Waals surface area contributed by atoms with Gasteiger partial charge in [0.2, 0.25) is 0 Å². The second-order valence-corrected chi connectivity index (χ2v) is 3.59. The minimum absolute atomic E-state index is 0.701. The van der Waals surface area contributed by atoms with Gasteiger partial charge in [-0.15, -0.1) is 0 Å². The van der Waals surface area contributed by atoms with Crippen LogP contribution < -0.4 is 15.4 Å². The quantitative estimate of drug-likeness (QED) is 0.746. The van der Waals surface area contributed by atoms with Crippen molar-refractivity contribution in [3.8, 4) is 5.75 Å². The summed E-state index contributed by atoms with van der Waals surface area (Å²) in [4.78, 5) is 0. The minimum Gasteiger partial charge on any atom is -0.495 e. The average molecular weight is 213 g/mol. The van der Waals surface area contributed by atoms with Gasteiger partial charge in [0, 0.05) is 30.9 Å². The molecular formula is C10H13ClN2O. The highest BCUT2D eigenvalue weighted by Crippen LogP contribution is 2.33. The Kier molecular flexibility index (Phi) is 2.79. The molecule has 0 amide bonds. The molecule has 1 aliphatic rings. The van der Waals surface area contributed by atoms with Crippen molar-refractivity contribution in [2.24, 2.45) is 0 Å². The summed E-state index contributed by atoms with van der Waals surface area (Å²) in [5.41, 5.74) is 2.18.